The molecule has 34 heavy (non-hydrogen) atoms. The Labute approximate surface area is 203 Å². The highest BCUT2D eigenvalue weighted by Gasteiger charge is 2.58. The van der Waals surface area contributed by atoms with Crippen LogP contribution < -0.4 is 0 Å². The summed E-state index contributed by atoms with van der Waals surface area (Å²) in [7, 11) is 0. The normalized spacial score (nSPS) is 39.9. The van der Waals surface area contributed by atoms with Gasteiger partial charge in [-0.1, -0.05) is 51.0 Å². The van der Waals surface area contributed by atoms with Gasteiger partial charge in [-0.25, -0.2) is 9.59 Å². The fraction of sp³-hybridized carbons (Fsp3) is 0.667. The van der Waals surface area contributed by atoms with Gasteiger partial charge in [-0.15, -0.1) is 0 Å². The molecule has 6 rings (SSSR count). The first-order valence-corrected chi connectivity index (χ1v) is 13.3. The number of fused-ring (bicyclic) bond motifs is 4. The Balaban J connectivity index is 1.51. The van der Waals surface area contributed by atoms with Gasteiger partial charge in [0.1, 0.15) is 12.2 Å². The van der Waals surface area contributed by atoms with Gasteiger partial charge >= 0.3 is 11.9 Å². The van der Waals surface area contributed by atoms with E-state index in [1.807, 2.05) is 0 Å². The van der Waals surface area contributed by atoms with E-state index in [2.05, 4.69) is 53.7 Å². The van der Waals surface area contributed by atoms with Gasteiger partial charge in [-0.3, -0.25) is 0 Å². The minimum atomic E-state index is -0.315. The van der Waals surface area contributed by atoms with Crippen LogP contribution in [0, 0.1) is 34.5 Å². The van der Waals surface area contributed by atoms with Crippen LogP contribution >= 0.6 is 0 Å². The summed E-state index contributed by atoms with van der Waals surface area (Å²) in [5, 5.41) is 0. The maximum Gasteiger partial charge on any atom is 0.339 e. The first-order chi connectivity index (χ1) is 16.0. The second kappa shape index (κ2) is 7.21. The maximum atomic E-state index is 13.5. The Hall–Kier alpha value is -2.10. The molecule has 4 heteroatoms. The Morgan fingerprint density at radius 1 is 0.706 bits per heavy atom. The standard InChI is InChI=1S/C30H38O4/c1-15-7-9-19-17(11-15)13-21-25(29(19,3)4)23(27(31)33-21)24-26-22(34-28(24)32)14-18-12-16(2)8-10-20(18)30(26,5)6/h11-12,17-22H,7-10,13-14H2,1-6H3/t17-,18-,19-,20-,21+,22+/m1/s1. The number of hydrogen-bond acceptors (Lipinski definition) is 4. The summed E-state index contributed by atoms with van der Waals surface area (Å²) in [5.74, 6) is 1.14. The quantitative estimate of drug-likeness (QED) is 0.342. The van der Waals surface area contributed by atoms with Crippen molar-refractivity contribution in [1.29, 1.82) is 0 Å². The van der Waals surface area contributed by atoms with Crippen molar-refractivity contribution in [3.63, 3.8) is 0 Å². The first-order valence-electron chi connectivity index (χ1n) is 13.3. The van der Waals surface area contributed by atoms with Crippen LogP contribution in [0.4, 0.5) is 0 Å². The Morgan fingerprint density at radius 3 is 1.47 bits per heavy atom. The van der Waals surface area contributed by atoms with Gasteiger partial charge < -0.3 is 9.47 Å². The van der Waals surface area contributed by atoms with Crippen molar-refractivity contribution in [3.8, 4) is 0 Å². The summed E-state index contributed by atoms with van der Waals surface area (Å²) in [6, 6.07) is 0. The predicted molar refractivity (Wildman–Crippen MR) is 131 cm³/mol. The van der Waals surface area contributed by atoms with Crippen LogP contribution in [0.15, 0.2) is 45.6 Å². The molecular formula is C30H38O4. The van der Waals surface area contributed by atoms with Gasteiger partial charge in [0.15, 0.2) is 0 Å². The van der Waals surface area contributed by atoms with Gasteiger partial charge in [-0.2, -0.15) is 0 Å². The molecule has 0 spiro atoms. The van der Waals surface area contributed by atoms with E-state index in [4.69, 9.17) is 9.47 Å². The van der Waals surface area contributed by atoms with E-state index in [0.717, 1.165) is 49.7 Å². The minimum absolute atomic E-state index is 0.204. The van der Waals surface area contributed by atoms with Crippen LogP contribution in [0.25, 0.3) is 0 Å². The van der Waals surface area contributed by atoms with Crippen LogP contribution in [0.5, 0.6) is 0 Å². The third-order valence-corrected chi connectivity index (χ3v) is 10.3. The van der Waals surface area contributed by atoms with Crippen LogP contribution in [-0.4, -0.2) is 24.1 Å². The van der Waals surface area contributed by atoms with E-state index >= 15 is 0 Å². The molecule has 4 aliphatic carbocycles. The van der Waals surface area contributed by atoms with E-state index in [1.54, 1.807) is 0 Å². The summed E-state index contributed by atoms with van der Waals surface area (Å²) in [5.41, 5.74) is 5.70. The second-order valence-electron chi connectivity index (χ2n) is 12.9. The summed E-state index contributed by atoms with van der Waals surface area (Å²) in [6.07, 6.45) is 10.5. The smallest absolute Gasteiger partial charge is 0.339 e. The molecule has 0 aromatic rings. The molecule has 0 saturated heterocycles. The number of allylic oxidation sites excluding steroid dienone is 4. The molecule has 2 fully saturated rings. The summed E-state index contributed by atoms with van der Waals surface area (Å²) in [4.78, 5) is 27.0. The van der Waals surface area contributed by atoms with Crippen molar-refractivity contribution in [2.75, 3.05) is 0 Å². The summed E-state index contributed by atoms with van der Waals surface area (Å²) in [6.45, 7) is 13.5. The van der Waals surface area contributed by atoms with Crippen molar-refractivity contribution in [2.45, 2.75) is 92.3 Å². The van der Waals surface area contributed by atoms with Crippen LogP contribution in [-0.2, 0) is 19.1 Å². The molecule has 0 aromatic carbocycles. The van der Waals surface area contributed by atoms with Crippen molar-refractivity contribution in [2.24, 2.45) is 34.5 Å². The monoisotopic (exact) mass is 462 g/mol. The zero-order chi connectivity index (χ0) is 24.2. The third-order valence-electron chi connectivity index (χ3n) is 10.3. The molecular weight excluding hydrogens is 424 g/mol. The number of carbonyl (C=O) groups excluding carboxylic acids is 2. The molecule has 2 heterocycles. The van der Waals surface area contributed by atoms with E-state index < -0.39 is 0 Å². The number of hydrogen-bond donors (Lipinski definition) is 0. The van der Waals surface area contributed by atoms with Crippen LogP contribution in [0.3, 0.4) is 0 Å². The van der Waals surface area contributed by atoms with E-state index in [-0.39, 0.29) is 35.0 Å². The molecule has 2 aliphatic heterocycles. The number of rotatable bonds is 1. The zero-order valence-corrected chi connectivity index (χ0v) is 21.5. The second-order valence-corrected chi connectivity index (χ2v) is 12.9. The lowest BCUT2D eigenvalue weighted by Crippen LogP contribution is -2.44. The zero-order valence-electron chi connectivity index (χ0n) is 21.5. The Kier molecular flexibility index (Phi) is 4.74. The molecule has 0 unspecified atom stereocenters. The van der Waals surface area contributed by atoms with Gasteiger partial charge in [0.05, 0.1) is 11.1 Å². The van der Waals surface area contributed by atoms with Gasteiger partial charge in [-0.05, 0) is 98.0 Å². The van der Waals surface area contributed by atoms with Gasteiger partial charge in [0.25, 0.3) is 0 Å². The molecule has 6 atom stereocenters. The first kappa shape index (κ1) is 22.4. The molecule has 4 nitrogen and oxygen atoms in total. The van der Waals surface area contributed by atoms with Crippen LogP contribution in [0.2, 0.25) is 0 Å². The van der Waals surface area contributed by atoms with Gasteiger partial charge in [0.2, 0.25) is 0 Å². The van der Waals surface area contributed by atoms with Crippen LogP contribution in [0.1, 0.15) is 80.1 Å². The molecule has 0 aromatic heterocycles. The van der Waals surface area contributed by atoms with Gasteiger partial charge in [0, 0.05) is 0 Å². The predicted octanol–water partition coefficient (Wildman–Crippen LogP) is 6.24. The average Bonchev–Trinajstić information content (AvgIpc) is 3.23. The maximum absolute atomic E-state index is 13.5. The lowest BCUT2D eigenvalue weighted by atomic mass is 9.54. The average molecular weight is 463 g/mol. The summed E-state index contributed by atoms with van der Waals surface area (Å²) >= 11 is 0. The molecule has 6 aliphatic rings. The van der Waals surface area contributed by atoms with E-state index in [9.17, 15) is 9.59 Å². The fourth-order valence-corrected chi connectivity index (χ4v) is 8.79. The Morgan fingerprint density at radius 2 is 1.09 bits per heavy atom. The number of ether oxygens (including phenoxy) is 2. The summed E-state index contributed by atoms with van der Waals surface area (Å²) < 4.78 is 12.1. The Bertz CT molecular complexity index is 1020. The molecule has 0 amide bonds. The van der Waals surface area contributed by atoms with E-state index in [0.29, 0.717) is 34.8 Å². The highest BCUT2D eigenvalue weighted by Crippen LogP contribution is 2.60. The number of esters is 2. The molecule has 2 saturated carbocycles. The lowest BCUT2D eigenvalue weighted by Gasteiger charge is -2.49. The lowest BCUT2D eigenvalue weighted by molar-refractivity contribution is -0.144. The molecule has 0 N–H and O–H groups in total. The topological polar surface area (TPSA) is 52.6 Å². The minimum Gasteiger partial charge on any atom is -0.454 e. The molecule has 0 radical (unpaired) electrons. The SMILES string of the molecule is CC1=C[C@@H]2C[C@@H]3OC(=O)C(C4=C5[C@H](C[C@H]6C=C(C)CC[C@H]6C5(C)C)OC4=O)=C3C(C)(C)[C@@H]2CC1. The highest BCUT2D eigenvalue weighted by atomic mass is 16.6. The third kappa shape index (κ3) is 2.96. The fourth-order valence-electron chi connectivity index (χ4n) is 8.79. The van der Waals surface area contributed by atoms with Crippen molar-refractivity contribution in [1.82, 2.24) is 0 Å². The highest BCUT2D eigenvalue weighted by molar-refractivity contribution is 6.11. The molecule has 0 bridgehead atoms. The van der Waals surface area contributed by atoms with Crippen molar-refractivity contribution >= 4 is 11.9 Å². The molecule has 182 valence electrons. The van der Waals surface area contributed by atoms with Crippen molar-refractivity contribution < 1.29 is 19.1 Å². The number of carbonyl (C=O) groups is 2. The van der Waals surface area contributed by atoms with E-state index in [1.165, 1.54) is 11.1 Å². The largest absolute Gasteiger partial charge is 0.454 e. The van der Waals surface area contributed by atoms with Crippen molar-refractivity contribution in [3.05, 3.63) is 45.6 Å².